The van der Waals surface area contributed by atoms with Crippen LogP contribution in [-0.2, 0) is 17.9 Å². The number of amides is 1. The molecule has 0 aliphatic carbocycles. The number of aromatic nitrogens is 2. The molecule has 0 spiro atoms. The molecule has 0 saturated heterocycles. The molecular weight excluding hydrogens is 388 g/mol. The lowest BCUT2D eigenvalue weighted by Crippen LogP contribution is -2.34. The van der Waals surface area contributed by atoms with Gasteiger partial charge < -0.3 is 10.4 Å². The van der Waals surface area contributed by atoms with Crippen LogP contribution in [0.25, 0.3) is 0 Å². The summed E-state index contributed by atoms with van der Waals surface area (Å²) in [7, 11) is 0. The topological polar surface area (TPSA) is 70.4 Å². The van der Waals surface area contributed by atoms with Gasteiger partial charge >= 0.3 is 0 Å². The van der Waals surface area contributed by atoms with Gasteiger partial charge in [-0.25, -0.2) is 4.68 Å². The zero-order chi connectivity index (χ0) is 20.6. The highest BCUT2D eigenvalue weighted by Crippen LogP contribution is 2.19. The number of carbonyl (C=O) groups excluding carboxylic acids is 1. The highest BCUT2D eigenvalue weighted by molar-refractivity contribution is 6.31. The maximum atomic E-state index is 12.7. The van der Waals surface area contributed by atoms with Crippen LogP contribution in [0.1, 0.15) is 24.5 Å². The fraction of sp³-hybridized carbons (Fsp3) is 0.273. The molecule has 1 aromatic heterocycles. The maximum Gasteiger partial charge on any atom is 0.239 e. The summed E-state index contributed by atoms with van der Waals surface area (Å²) in [6.45, 7) is 4.01. The number of phenols is 1. The molecule has 0 unspecified atom stereocenters. The standard InChI is InChI=1S/C22H25ClN4O2/c1-2-13-26(14-18-8-4-6-10-20(18)28)16-22(29)25-21-11-12-24-27(21)15-17-7-3-5-9-19(17)23/h3-12,28H,2,13-16H2,1H3,(H,25,29). The van der Waals surface area contributed by atoms with Crippen molar-refractivity contribution >= 4 is 23.3 Å². The average molecular weight is 413 g/mol. The van der Waals surface area contributed by atoms with Crippen LogP contribution in [0.4, 0.5) is 5.82 Å². The summed E-state index contributed by atoms with van der Waals surface area (Å²) in [4.78, 5) is 14.7. The monoisotopic (exact) mass is 412 g/mol. The van der Waals surface area contributed by atoms with Crippen molar-refractivity contribution in [1.29, 1.82) is 0 Å². The van der Waals surface area contributed by atoms with Crippen molar-refractivity contribution in [3.05, 3.63) is 76.9 Å². The van der Waals surface area contributed by atoms with Crippen LogP contribution in [-0.4, -0.2) is 38.8 Å². The average Bonchev–Trinajstić information content (AvgIpc) is 3.12. The fourth-order valence-electron chi connectivity index (χ4n) is 3.15. The maximum absolute atomic E-state index is 12.7. The minimum Gasteiger partial charge on any atom is -0.508 e. The zero-order valence-corrected chi connectivity index (χ0v) is 17.1. The Morgan fingerprint density at radius 3 is 2.59 bits per heavy atom. The Morgan fingerprint density at radius 1 is 1.14 bits per heavy atom. The molecule has 3 aromatic rings. The second-order valence-corrected chi connectivity index (χ2v) is 7.26. The summed E-state index contributed by atoms with van der Waals surface area (Å²) in [5.41, 5.74) is 1.73. The normalized spacial score (nSPS) is 11.0. The third kappa shape index (κ3) is 5.82. The van der Waals surface area contributed by atoms with E-state index < -0.39 is 0 Å². The van der Waals surface area contributed by atoms with Gasteiger partial charge in [0.05, 0.1) is 19.3 Å². The van der Waals surface area contributed by atoms with Gasteiger partial charge in [-0.3, -0.25) is 9.69 Å². The summed E-state index contributed by atoms with van der Waals surface area (Å²) < 4.78 is 1.71. The van der Waals surface area contributed by atoms with Gasteiger partial charge in [-0.15, -0.1) is 0 Å². The molecule has 0 fully saturated rings. The number of anilines is 1. The smallest absolute Gasteiger partial charge is 0.239 e. The summed E-state index contributed by atoms with van der Waals surface area (Å²) in [5.74, 6) is 0.732. The molecule has 0 atom stereocenters. The van der Waals surface area contributed by atoms with E-state index in [1.807, 2.05) is 41.3 Å². The number of nitrogens with zero attached hydrogens (tertiary/aromatic N) is 3. The molecule has 0 aliphatic rings. The molecule has 1 amide bonds. The highest BCUT2D eigenvalue weighted by Gasteiger charge is 2.14. The summed E-state index contributed by atoms with van der Waals surface area (Å²) in [5, 5.41) is 17.9. The highest BCUT2D eigenvalue weighted by atomic mass is 35.5. The molecule has 3 rings (SSSR count). The number of benzene rings is 2. The van der Waals surface area contributed by atoms with Crippen molar-refractivity contribution in [1.82, 2.24) is 14.7 Å². The first-order chi connectivity index (χ1) is 14.1. The number of hydrogen-bond donors (Lipinski definition) is 2. The molecule has 2 N–H and O–H groups in total. The minimum absolute atomic E-state index is 0.130. The van der Waals surface area contributed by atoms with E-state index in [-0.39, 0.29) is 18.2 Å². The molecule has 0 saturated carbocycles. The molecule has 0 aliphatic heterocycles. The van der Waals surface area contributed by atoms with Crippen LogP contribution < -0.4 is 5.32 Å². The van der Waals surface area contributed by atoms with Crippen LogP contribution in [0.15, 0.2) is 60.8 Å². The van der Waals surface area contributed by atoms with E-state index in [0.29, 0.717) is 23.9 Å². The summed E-state index contributed by atoms with van der Waals surface area (Å²) in [6.07, 6.45) is 2.56. The van der Waals surface area contributed by atoms with E-state index in [0.717, 1.165) is 24.1 Å². The van der Waals surface area contributed by atoms with Gasteiger partial charge in [-0.05, 0) is 30.7 Å². The van der Waals surface area contributed by atoms with Crippen LogP contribution >= 0.6 is 11.6 Å². The van der Waals surface area contributed by atoms with Crippen LogP contribution in [0.3, 0.4) is 0 Å². The minimum atomic E-state index is -0.130. The first-order valence-electron chi connectivity index (χ1n) is 9.61. The Kier molecular flexibility index (Phi) is 7.27. The number of phenolic OH excluding ortho intramolecular Hbond substituents is 1. The number of carbonyl (C=O) groups is 1. The molecule has 152 valence electrons. The predicted molar refractivity (Wildman–Crippen MR) is 115 cm³/mol. The van der Waals surface area contributed by atoms with E-state index in [1.54, 1.807) is 29.1 Å². The van der Waals surface area contributed by atoms with Gasteiger partial charge in [0.15, 0.2) is 0 Å². The fourth-order valence-corrected chi connectivity index (χ4v) is 3.35. The second kappa shape index (κ2) is 10.1. The number of hydrogen-bond acceptors (Lipinski definition) is 4. The van der Waals surface area contributed by atoms with Gasteiger partial charge in [0.1, 0.15) is 11.6 Å². The number of halogens is 1. The van der Waals surface area contributed by atoms with Gasteiger partial charge in [0.25, 0.3) is 0 Å². The van der Waals surface area contributed by atoms with Crippen molar-refractivity contribution in [2.24, 2.45) is 0 Å². The lowest BCUT2D eigenvalue weighted by atomic mass is 10.2. The van der Waals surface area contributed by atoms with E-state index >= 15 is 0 Å². The van der Waals surface area contributed by atoms with E-state index in [1.165, 1.54) is 0 Å². The molecule has 1 heterocycles. The lowest BCUT2D eigenvalue weighted by Gasteiger charge is -2.21. The Hall–Kier alpha value is -2.83. The molecule has 0 bridgehead atoms. The van der Waals surface area contributed by atoms with Crippen LogP contribution in [0.2, 0.25) is 5.02 Å². The molecular formula is C22H25ClN4O2. The van der Waals surface area contributed by atoms with Crippen molar-refractivity contribution in [2.45, 2.75) is 26.4 Å². The van der Waals surface area contributed by atoms with Crippen LogP contribution in [0, 0.1) is 0 Å². The van der Waals surface area contributed by atoms with E-state index in [4.69, 9.17) is 11.6 Å². The SMILES string of the molecule is CCCN(CC(=O)Nc1ccnn1Cc1ccccc1Cl)Cc1ccccc1O. The quantitative estimate of drug-likeness (QED) is 0.554. The van der Waals surface area contributed by atoms with Gasteiger partial charge in [-0.1, -0.05) is 54.9 Å². The van der Waals surface area contributed by atoms with Crippen molar-refractivity contribution in [3.8, 4) is 5.75 Å². The third-order valence-corrected chi connectivity index (χ3v) is 4.92. The van der Waals surface area contributed by atoms with Gasteiger partial charge in [0.2, 0.25) is 5.91 Å². The van der Waals surface area contributed by atoms with Gasteiger partial charge in [0, 0.05) is 23.2 Å². The van der Waals surface area contributed by atoms with E-state index in [2.05, 4.69) is 17.3 Å². The third-order valence-electron chi connectivity index (χ3n) is 4.55. The van der Waals surface area contributed by atoms with E-state index in [9.17, 15) is 9.90 Å². The van der Waals surface area contributed by atoms with Crippen molar-refractivity contribution < 1.29 is 9.90 Å². The first kappa shape index (κ1) is 20.9. The largest absolute Gasteiger partial charge is 0.508 e. The Balaban J connectivity index is 1.64. The number of rotatable bonds is 9. The predicted octanol–water partition coefficient (Wildman–Crippen LogP) is 4.14. The summed E-state index contributed by atoms with van der Waals surface area (Å²) in [6, 6.07) is 16.5. The van der Waals surface area contributed by atoms with Crippen LogP contribution in [0.5, 0.6) is 5.75 Å². The molecule has 7 heteroatoms. The first-order valence-corrected chi connectivity index (χ1v) is 9.99. The molecule has 29 heavy (non-hydrogen) atoms. The lowest BCUT2D eigenvalue weighted by molar-refractivity contribution is -0.117. The van der Waals surface area contributed by atoms with Crippen molar-refractivity contribution in [2.75, 3.05) is 18.4 Å². The number of aromatic hydroxyl groups is 1. The van der Waals surface area contributed by atoms with Crippen molar-refractivity contribution in [3.63, 3.8) is 0 Å². The Morgan fingerprint density at radius 2 is 1.86 bits per heavy atom. The molecule has 6 nitrogen and oxygen atoms in total. The van der Waals surface area contributed by atoms with Gasteiger partial charge in [-0.2, -0.15) is 5.10 Å². The second-order valence-electron chi connectivity index (χ2n) is 6.85. The summed E-state index contributed by atoms with van der Waals surface area (Å²) >= 11 is 6.24. The Labute approximate surface area is 175 Å². The zero-order valence-electron chi connectivity index (χ0n) is 16.4. The Bertz CT molecular complexity index is 957. The molecule has 0 radical (unpaired) electrons. The number of para-hydroxylation sites is 1. The molecule has 2 aromatic carbocycles. The number of nitrogens with one attached hydrogen (secondary N) is 1.